The molecule has 0 aliphatic heterocycles. The van der Waals surface area contributed by atoms with E-state index in [-0.39, 0.29) is 24.0 Å². The highest BCUT2D eigenvalue weighted by Crippen LogP contribution is 2.31. The molecule has 0 bridgehead atoms. The van der Waals surface area contributed by atoms with E-state index in [4.69, 9.17) is 15.2 Å². The Labute approximate surface area is 171 Å². The molecule has 144 valence electrons. The van der Waals surface area contributed by atoms with Crippen LogP contribution in [0.4, 0.5) is 0 Å². The standard InChI is InChI=1S/C19H28N4O2.HI/c1-24-15-10-17-16(18(11-15)25-2)9-14(23-17)7-4-8-21-19(20)22-12-13-5-3-6-13;/h9-11,13,23H,3-8,12H2,1-2H3,(H3,20,21,22);1H. The number of methoxy groups -OCH3 is 2. The van der Waals surface area contributed by atoms with E-state index < -0.39 is 0 Å². The first-order chi connectivity index (χ1) is 12.2. The summed E-state index contributed by atoms with van der Waals surface area (Å²) in [5.74, 6) is 2.92. The van der Waals surface area contributed by atoms with Crippen LogP contribution in [-0.4, -0.2) is 38.3 Å². The SMILES string of the molecule is COc1cc(OC)c2cc(CCCNC(N)=NCC3CCC3)[nH]c2c1.I. The van der Waals surface area contributed by atoms with Gasteiger partial charge in [0.05, 0.1) is 19.7 Å². The van der Waals surface area contributed by atoms with Gasteiger partial charge in [0.1, 0.15) is 11.5 Å². The minimum Gasteiger partial charge on any atom is -0.497 e. The number of nitrogens with one attached hydrogen (secondary N) is 2. The number of aliphatic imine (C=N–C) groups is 1. The summed E-state index contributed by atoms with van der Waals surface area (Å²) in [5, 5.41) is 4.28. The Bertz CT molecular complexity index is 740. The number of benzene rings is 1. The molecular weight excluding hydrogens is 443 g/mol. The fourth-order valence-electron chi connectivity index (χ4n) is 3.11. The van der Waals surface area contributed by atoms with Crippen molar-refractivity contribution in [2.45, 2.75) is 32.1 Å². The van der Waals surface area contributed by atoms with Crippen LogP contribution in [-0.2, 0) is 6.42 Å². The Morgan fingerprint density at radius 2 is 2.08 bits per heavy atom. The Balaban J connectivity index is 0.00000243. The zero-order chi connectivity index (χ0) is 17.6. The summed E-state index contributed by atoms with van der Waals surface area (Å²) in [6, 6.07) is 6.03. The van der Waals surface area contributed by atoms with Crippen LogP contribution >= 0.6 is 24.0 Å². The lowest BCUT2D eigenvalue weighted by molar-refractivity contribution is 0.326. The molecule has 0 atom stereocenters. The molecule has 7 heteroatoms. The molecule has 26 heavy (non-hydrogen) atoms. The molecule has 1 heterocycles. The number of aromatic amines is 1. The molecule has 4 N–H and O–H groups in total. The lowest BCUT2D eigenvalue weighted by Gasteiger charge is -2.23. The third-order valence-electron chi connectivity index (χ3n) is 4.86. The Kier molecular flexibility index (Phi) is 7.86. The van der Waals surface area contributed by atoms with Crippen molar-refractivity contribution < 1.29 is 9.47 Å². The molecular formula is C19H29IN4O2. The fraction of sp³-hybridized carbons (Fsp3) is 0.526. The predicted octanol–water partition coefficient (Wildman–Crippen LogP) is 3.44. The van der Waals surface area contributed by atoms with Crippen molar-refractivity contribution >= 4 is 40.8 Å². The summed E-state index contributed by atoms with van der Waals surface area (Å²) >= 11 is 0. The second kappa shape index (κ2) is 9.89. The van der Waals surface area contributed by atoms with Crippen LogP contribution in [0, 0.1) is 5.92 Å². The van der Waals surface area contributed by atoms with Gasteiger partial charge < -0.3 is 25.5 Å². The number of hydrogen-bond acceptors (Lipinski definition) is 3. The molecule has 1 aromatic heterocycles. The highest BCUT2D eigenvalue weighted by Gasteiger charge is 2.16. The van der Waals surface area contributed by atoms with E-state index >= 15 is 0 Å². The fourth-order valence-corrected chi connectivity index (χ4v) is 3.11. The first-order valence-electron chi connectivity index (χ1n) is 8.97. The van der Waals surface area contributed by atoms with Crippen LogP contribution in [0.1, 0.15) is 31.4 Å². The second-order valence-corrected chi connectivity index (χ2v) is 6.64. The summed E-state index contributed by atoms with van der Waals surface area (Å²) < 4.78 is 10.8. The van der Waals surface area contributed by atoms with Gasteiger partial charge in [-0.3, -0.25) is 4.99 Å². The first-order valence-corrected chi connectivity index (χ1v) is 8.97. The number of nitrogens with zero attached hydrogens (tertiary/aromatic N) is 1. The van der Waals surface area contributed by atoms with E-state index in [0.29, 0.717) is 5.96 Å². The number of rotatable bonds is 8. The lowest BCUT2D eigenvalue weighted by Crippen LogP contribution is -2.33. The molecule has 0 amide bonds. The number of nitrogens with two attached hydrogens (primary N) is 1. The van der Waals surface area contributed by atoms with E-state index in [1.54, 1.807) is 14.2 Å². The smallest absolute Gasteiger partial charge is 0.188 e. The summed E-state index contributed by atoms with van der Waals surface area (Å²) in [4.78, 5) is 7.85. The number of hydrogen-bond donors (Lipinski definition) is 3. The van der Waals surface area contributed by atoms with Crippen molar-refractivity contribution in [2.24, 2.45) is 16.6 Å². The molecule has 1 saturated carbocycles. The van der Waals surface area contributed by atoms with Crippen molar-refractivity contribution in [1.29, 1.82) is 0 Å². The predicted molar refractivity (Wildman–Crippen MR) is 117 cm³/mol. The van der Waals surface area contributed by atoms with Gasteiger partial charge in [0.15, 0.2) is 5.96 Å². The average Bonchev–Trinajstić information content (AvgIpc) is 2.99. The molecule has 0 radical (unpaired) electrons. The molecule has 0 unspecified atom stereocenters. The Hall–Kier alpha value is -1.64. The Morgan fingerprint density at radius 3 is 2.73 bits per heavy atom. The van der Waals surface area contributed by atoms with Gasteiger partial charge in [-0.2, -0.15) is 0 Å². The largest absolute Gasteiger partial charge is 0.497 e. The number of aromatic nitrogens is 1. The number of fused-ring (bicyclic) bond motifs is 1. The van der Waals surface area contributed by atoms with E-state index in [1.165, 1.54) is 25.0 Å². The monoisotopic (exact) mass is 472 g/mol. The van der Waals surface area contributed by atoms with Crippen LogP contribution in [0.5, 0.6) is 11.5 Å². The van der Waals surface area contributed by atoms with E-state index in [0.717, 1.165) is 54.3 Å². The molecule has 2 aromatic rings. The zero-order valence-corrected chi connectivity index (χ0v) is 17.8. The normalized spacial score (nSPS) is 14.6. The summed E-state index contributed by atoms with van der Waals surface area (Å²) in [5.41, 5.74) is 8.11. The summed E-state index contributed by atoms with van der Waals surface area (Å²) in [6.07, 6.45) is 5.85. The summed E-state index contributed by atoms with van der Waals surface area (Å²) in [7, 11) is 3.34. The van der Waals surface area contributed by atoms with Crippen molar-refractivity contribution in [1.82, 2.24) is 10.3 Å². The third-order valence-corrected chi connectivity index (χ3v) is 4.86. The first kappa shape index (κ1) is 20.7. The van der Waals surface area contributed by atoms with Gasteiger partial charge in [-0.1, -0.05) is 6.42 Å². The van der Waals surface area contributed by atoms with Gasteiger partial charge in [0, 0.05) is 36.3 Å². The van der Waals surface area contributed by atoms with Crippen LogP contribution in [0.25, 0.3) is 10.9 Å². The van der Waals surface area contributed by atoms with Crippen LogP contribution in [0.15, 0.2) is 23.2 Å². The van der Waals surface area contributed by atoms with Gasteiger partial charge in [-0.15, -0.1) is 24.0 Å². The van der Waals surface area contributed by atoms with Crippen LogP contribution in [0.2, 0.25) is 0 Å². The maximum absolute atomic E-state index is 5.91. The molecule has 6 nitrogen and oxygen atoms in total. The minimum atomic E-state index is 0. The Morgan fingerprint density at radius 1 is 1.27 bits per heavy atom. The van der Waals surface area contributed by atoms with E-state index in [1.807, 2.05) is 12.1 Å². The average molecular weight is 472 g/mol. The maximum atomic E-state index is 5.91. The maximum Gasteiger partial charge on any atom is 0.188 e. The van der Waals surface area contributed by atoms with Gasteiger partial charge >= 0.3 is 0 Å². The second-order valence-electron chi connectivity index (χ2n) is 6.64. The van der Waals surface area contributed by atoms with E-state index in [9.17, 15) is 0 Å². The molecule has 1 aliphatic carbocycles. The number of aryl methyl sites for hydroxylation is 1. The van der Waals surface area contributed by atoms with Crippen LogP contribution in [0.3, 0.4) is 0 Å². The highest BCUT2D eigenvalue weighted by molar-refractivity contribution is 14.0. The van der Waals surface area contributed by atoms with Gasteiger partial charge in [0.2, 0.25) is 0 Å². The summed E-state index contributed by atoms with van der Waals surface area (Å²) in [6.45, 7) is 1.68. The minimum absolute atomic E-state index is 0. The highest BCUT2D eigenvalue weighted by atomic mass is 127. The molecule has 1 aromatic carbocycles. The van der Waals surface area contributed by atoms with Crippen LogP contribution < -0.4 is 20.5 Å². The van der Waals surface area contributed by atoms with Gasteiger partial charge in [0.25, 0.3) is 0 Å². The van der Waals surface area contributed by atoms with Crippen molar-refractivity contribution in [3.8, 4) is 11.5 Å². The van der Waals surface area contributed by atoms with Crippen molar-refractivity contribution in [2.75, 3.05) is 27.3 Å². The number of halogens is 1. The number of guanidine groups is 1. The van der Waals surface area contributed by atoms with Crippen molar-refractivity contribution in [3.05, 3.63) is 23.9 Å². The third kappa shape index (κ3) is 5.18. The molecule has 3 rings (SSSR count). The van der Waals surface area contributed by atoms with Crippen molar-refractivity contribution in [3.63, 3.8) is 0 Å². The van der Waals surface area contributed by atoms with E-state index in [2.05, 4.69) is 21.4 Å². The molecule has 1 fully saturated rings. The molecule has 0 spiro atoms. The lowest BCUT2D eigenvalue weighted by atomic mass is 9.86. The topological polar surface area (TPSA) is 84.7 Å². The molecule has 1 aliphatic rings. The van der Waals surface area contributed by atoms with Gasteiger partial charge in [-0.25, -0.2) is 0 Å². The van der Waals surface area contributed by atoms with Gasteiger partial charge in [-0.05, 0) is 37.7 Å². The molecule has 0 saturated heterocycles. The number of ether oxygens (including phenoxy) is 2. The zero-order valence-electron chi connectivity index (χ0n) is 15.5. The quantitative estimate of drug-likeness (QED) is 0.238. The number of H-pyrrole nitrogens is 1.